The third kappa shape index (κ3) is 1.83. The maximum atomic E-state index is 5.21. The molecular weight excluding hydrogens is 328 g/mol. The highest BCUT2D eigenvalue weighted by molar-refractivity contribution is 9.10. The Bertz CT molecular complexity index is 464. The van der Waals surface area contributed by atoms with Crippen molar-refractivity contribution < 1.29 is 4.74 Å². The van der Waals surface area contributed by atoms with Crippen molar-refractivity contribution >= 4 is 53.3 Å². The van der Waals surface area contributed by atoms with Crippen LogP contribution in [0.4, 0.5) is 0 Å². The Morgan fingerprint density at radius 3 is 2.79 bits per heavy atom. The van der Waals surface area contributed by atoms with Gasteiger partial charge in [0.15, 0.2) is 0 Å². The van der Waals surface area contributed by atoms with Gasteiger partial charge in [0.1, 0.15) is 5.75 Å². The summed E-state index contributed by atoms with van der Waals surface area (Å²) in [5.41, 5.74) is 0. The highest BCUT2D eigenvalue weighted by Gasteiger charge is 2.06. The summed E-state index contributed by atoms with van der Waals surface area (Å²) < 4.78 is 7.59. The molecule has 74 valence electrons. The molecule has 2 rings (SSSR count). The Morgan fingerprint density at radius 2 is 2.14 bits per heavy atom. The van der Waals surface area contributed by atoms with Crippen molar-refractivity contribution in [1.29, 1.82) is 0 Å². The predicted molar refractivity (Wildman–Crippen MR) is 68.7 cm³/mol. The van der Waals surface area contributed by atoms with Crippen LogP contribution in [0.3, 0.4) is 0 Å². The van der Waals surface area contributed by atoms with Crippen molar-refractivity contribution in [2.24, 2.45) is 0 Å². The van der Waals surface area contributed by atoms with Gasteiger partial charge < -0.3 is 4.74 Å². The van der Waals surface area contributed by atoms with Crippen LogP contribution in [0.15, 0.2) is 22.7 Å². The van der Waals surface area contributed by atoms with Gasteiger partial charge in [0, 0.05) is 19.4 Å². The summed E-state index contributed by atoms with van der Waals surface area (Å²) in [4.78, 5) is 1.33. The lowest BCUT2D eigenvalue weighted by Gasteiger charge is -2.00. The van der Waals surface area contributed by atoms with E-state index in [1.165, 1.54) is 15.0 Å². The standard InChI is InChI=1S/C10H8Br2OS/c1-13-7-2-6-3-8(5-11)14-10(6)9(12)4-7/h2-4H,5H2,1H3. The first-order valence-corrected chi connectivity index (χ1v) is 6.79. The molecule has 2 aromatic rings. The molecule has 0 aliphatic heterocycles. The summed E-state index contributed by atoms with van der Waals surface area (Å²) in [6, 6.07) is 6.24. The molecule has 1 aromatic heterocycles. The van der Waals surface area contributed by atoms with Crippen LogP contribution in [-0.4, -0.2) is 7.11 Å². The molecule has 1 heterocycles. The summed E-state index contributed by atoms with van der Waals surface area (Å²) in [6.07, 6.45) is 0. The van der Waals surface area contributed by atoms with Crippen molar-refractivity contribution in [3.8, 4) is 5.75 Å². The van der Waals surface area contributed by atoms with Crippen molar-refractivity contribution in [1.82, 2.24) is 0 Å². The molecule has 4 heteroatoms. The van der Waals surface area contributed by atoms with E-state index in [9.17, 15) is 0 Å². The molecular formula is C10H8Br2OS. The molecule has 14 heavy (non-hydrogen) atoms. The minimum atomic E-state index is 0.892. The molecule has 0 saturated carbocycles. The first-order valence-electron chi connectivity index (χ1n) is 4.06. The van der Waals surface area contributed by atoms with E-state index in [0.717, 1.165) is 15.6 Å². The van der Waals surface area contributed by atoms with Crippen LogP contribution in [0.1, 0.15) is 4.88 Å². The smallest absolute Gasteiger partial charge is 0.120 e. The van der Waals surface area contributed by atoms with Crippen molar-refractivity contribution in [3.63, 3.8) is 0 Å². The Kier molecular flexibility index (Phi) is 3.14. The molecule has 0 amide bonds. The van der Waals surface area contributed by atoms with Crippen molar-refractivity contribution in [2.75, 3.05) is 7.11 Å². The predicted octanol–water partition coefficient (Wildman–Crippen LogP) is 4.57. The molecule has 0 aliphatic rings. The Labute approximate surface area is 103 Å². The van der Waals surface area contributed by atoms with Crippen LogP contribution in [-0.2, 0) is 5.33 Å². The minimum Gasteiger partial charge on any atom is -0.497 e. The van der Waals surface area contributed by atoms with Gasteiger partial charge in [0.05, 0.1) is 7.11 Å². The zero-order chi connectivity index (χ0) is 10.1. The van der Waals surface area contributed by atoms with E-state index in [2.05, 4.69) is 44.0 Å². The summed E-state index contributed by atoms with van der Waals surface area (Å²) in [5, 5.41) is 2.14. The van der Waals surface area contributed by atoms with Gasteiger partial charge in [0.25, 0.3) is 0 Å². The monoisotopic (exact) mass is 334 g/mol. The fourth-order valence-electron chi connectivity index (χ4n) is 1.32. The van der Waals surface area contributed by atoms with Crippen molar-refractivity contribution in [3.05, 3.63) is 27.5 Å². The van der Waals surface area contributed by atoms with Crippen LogP contribution in [0.2, 0.25) is 0 Å². The summed E-state index contributed by atoms with van der Waals surface area (Å²) in [7, 11) is 1.69. The number of halogens is 2. The fraction of sp³-hybridized carbons (Fsp3) is 0.200. The zero-order valence-corrected chi connectivity index (χ0v) is 11.5. The van der Waals surface area contributed by atoms with Gasteiger partial charge in [-0.15, -0.1) is 11.3 Å². The minimum absolute atomic E-state index is 0.892. The second-order valence-electron chi connectivity index (χ2n) is 2.87. The quantitative estimate of drug-likeness (QED) is 0.730. The average Bonchev–Trinajstić information content (AvgIpc) is 2.61. The summed E-state index contributed by atoms with van der Waals surface area (Å²) in [5.74, 6) is 0.892. The Hall–Kier alpha value is -0.0600. The molecule has 1 aromatic carbocycles. The zero-order valence-electron chi connectivity index (χ0n) is 7.51. The number of rotatable bonds is 2. The van der Waals surface area contributed by atoms with E-state index in [1.807, 2.05) is 6.07 Å². The lowest BCUT2D eigenvalue weighted by molar-refractivity contribution is 0.415. The molecule has 0 spiro atoms. The van der Waals surface area contributed by atoms with Gasteiger partial charge in [-0.2, -0.15) is 0 Å². The van der Waals surface area contributed by atoms with E-state index in [4.69, 9.17) is 4.74 Å². The number of methoxy groups -OCH3 is 1. The number of ether oxygens (including phenoxy) is 1. The van der Waals surface area contributed by atoms with E-state index in [0.29, 0.717) is 0 Å². The fourth-order valence-corrected chi connectivity index (χ4v) is 3.42. The average molecular weight is 336 g/mol. The molecule has 0 atom stereocenters. The van der Waals surface area contributed by atoms with Crippen LogP contribution >= 0.6 is 43.2 Å². The van der Waals surface area contributed by atoms with Crippen molar-refractivity contribution in [2.45, 2.75) is 5.33 Å². The number of alkyl halides is 1. The van der Waals surface area contributed by atoms with Crippen LogP contribution < -0.4 is 4.74 Å². The van der Waals surface area contributed by atoms with Crippen LogP contribution in [0.5, 0.6) is 5.75 Å². The SMILES string of the molecule is COc1cc(Br)c2sc(CBr)cc2c1. The van der Waals surface area contributed by atoms with Crippen LogP contribution in [0, 0.1) is 0 Å². The van der Waals surface area contributed by atoms with Gasteiger partial charge in [-0.05, 0) is 39.5 Å². The molecule has 0 unspecified atom stereocenters. The largest absolute Gasteiger partial charge is 0.497 e. The lowest BCUT2D eigenvalue weighted by atomic mass is 10.2. The highest BCUT2D eigenvalue weighted by atomic mass is 79.9. The maximum absolute atomic E-state index is 5.21. The van der Waals surface area contributed by atoms with Gasteiger partial charge in [0.2, 0.25) is 0 Å². The molecule has 0 radical (unpaired) electrons. The highest BCUT2D eigenvalue weighted by Crippen LogP contribution is 2.36. The Balaban J connectivity index is 2.67. The van der Waals surface area contributed by atoms with E-state index < -0.39 is 0 Å². The number of fused-ring (bicyclic) bond motifs is 1. The van der Waals surface area contributed by atoms with Gasteiger partial charge >= 0.3 is 0 Å². The molecule has 0 fully saturated rings. The van der Waals surface area contributed by atoms with Gasteiger partial charge in [-0.1, -0.05) is 15.9 Å². The topological polar surface area (TPSA) is 9.23 Å². The maximum Gasteiger partial charge on any atom is 0.120 e. The molecule has 1 nitrogen and oxygen atoms in total. The van der Waals surface area contributed by atoms with Crippen LogP contribution in [0.25, 0.3) is 10.1 Å². The summed E-state index contributed by atoms with van der Waals surface area (Å²) >= 11 is 8.80. The lowest BCUT2D eigenvalue weighted by Crippen LogP contribution is -1.81. The van der Waals surface area contributed by atoms with Gasteiger partial charge in [-0.25, -0.2) is 0 Å². The van der Waals surface area contributed by atoms with E-state index in [1.54, 1.807) is 18.4 Å². The van der Waals surface area contributed by atoms with Gasteiger partial charge in [-0.3, -0.25) is 0 Å². The summed E-state index contributed by atoms with van der Waals surface area (Å²) in [6.45, 7) is 0. The normalized spacial score (nSPS) is 10.8. The van der Waals surface area contributed by atoms with E-state index >= 15 is 0 Å². The second kappa shape index (κ2) is 4.21. The molecule has 0 saturated heterocycles. The molecule has 0 bridgehead atoms. The Morgan fingerprint density at radius 1 is 1.36 bits per heavy atom. The number of benzene rings is 1. The third-order valence-corrected chi connectivity index (χ3v) is 5.01. The first-order chi connectivity index (χ1) is 6.74. The van der Waals surface area contributed by atoms with E-state index in [-0.39, 0.29) is 0 Å². The number of thiophene rings is 1. The third-order valence-electron chi connectivity index (χ3n) is 1.96. The number of hydrogen-bond acceptors (Lipinski definition) is 2. The molecule has 0 aliphatic carbocycles. The second-order valence-corrected chi connectivity index (χ2v) is 5.43. The molecule has 0 N–H and O–H groups in total. The number of hydrogen-bond donors (Lipinski definition) is 0. The first kappa shape index (κ1) is 10.5.